The first kappa shape index (κ1) is 40.4. The number of nitrogens with zero attached hydrogens (tertiary/aromatic N) is 2. The molecule has 0 radical (unpaired) electrons. The molecular formula is C42H52F3N3O7S. The highest BCUT2D eigenvalue weighted by molar-refractivity contribution is 7.90. The Morgan fingerprint density at radius 1 is 1.05 bits per heavy atom. The van der Waals surface area contributed by atoms with Crippen LogP contribution < -0.4 is 9.46 Å². The summed E-state index contributed by atoms with van der Waals surface area (Å²) in [6, 6.07) is 2.91. The standard InChI is InChI=1S/C42H52F3N3O7S/c1-25-36-31(30-13-10-14-32(35(30)46-25)42(43,44)45)17-18-40(55-36)22-33-34(50)23-41(38(52)47-56(53,54)29-15-16-29)20-27(41)12-9-7-5-6-8-11-26(37(51)48(33)24-40)19-28(49)21-39(2,3)4/h9-10,12-14,26-27,29,33H,5-8,11,15-24H2,1-4H3,(H,47,52)/b12-9-/t26-,27-,33+,40-,41-/m1/s1. The highest BCUT2D eigenvalue weighted by atomic mass is 32.2. The lowest BCUT2D eigenvalue weighted by atomic mass is 9.85. The molecule has 3 fully saturated rings. The Bertz CT molecular complexity index is 2090. The van der Waals surface area contributed by atoms with Gasteiger partial charge in [-0.15, -0.1) is 0 Å². The fraction of sp³-hybridized carbons (Fsp3) is 0.643. The molecule has 2 amide bonds. The van der Waals surface area contributed by atoms with Gasteiger partial charge in [0.15, 0.2) is 5.78 Å². The Hall–Kier alpha value is -3.81. The summed E-state index contributed by atoms with van der Waals surface area (Å²) in [5, 5.41) is -0.301. The van der Waals surface area contributed by atoms with Crippen molar-refractivity contribution in [2.45, 2.75) is 141 Å². The third kappa shape index (κ3) is 8.13. The zero-order valence-electron chi connectivity index (χ0n) is 32.6. The van der Waals surface area contributed by atoms with E-state index in [9.17, 15) is 40.8 Å². The number of nitrogens with one attached hydrogen (secondary N) is 1. The van der Waals surface area contributed by atoms with E-state index in [0.29, 0.717) is 61.6 Å². The number of ether oxygens (including phenoxy) is 1. The highest BCUT2D eigenvalue weighted by Gasteiger charge is 2.62. The second-order valence-corrected chi connectivity index (χ2v) is 20.2. The van der Waals surface area contributed by atoms with Gasteiger partial charge < -0.3 is 9.64 Å². The average molecular weight is 800 g/mol. The lowest BCUT2D eigenvalue weighted by Gasteiger charge is -2.37. The number of aryl methyl sites for hydroxylation is 2. The van der Waals surface area contributed by atoms with Gasteiger partial charge in [-0.1, -0.05) is 57.9 Å². The molecule has 56 heavy (non-hydrogen) atoms. The Balaban J connectivity index is 1.24. The molecule has 7 rings (SSSR count). The number of hydrogen-bond acceptors (Lipinski definition) is 8. The second-order valence-electron chi connectivity index (χ2n) is 18.2. The van der Waals surface area contributed by atoms with Crippen LogP contribution in [-0.2, 0) is 41.8 Å². The minimum atomic E-state index is -4.61. The molecule has 3 aliphatic heterocycles. The number of benzene rings is 1. The van der Waals surface area contributed by atoms with E-state index >= 15 is 0 Å². The normalized spacial score (nSPS) is 29.4. The van der Waals surface area contributed by atoms with Gasteiger partial charge >= 0.3 is 6.18 Å². The van der Waals surface area contributed by atoms with Gasteiger partial charge in [0.05, 0.1) is 40.0 Å². The van der Waals surface area contributed by atoms with E-state index in [1.165, 1.54) is 11.0 Å². The summed E-state index contributed by atoms with van der Waals surface area (Å²) in [7, 11) is -3.89. The molecule has 4 heterocycles. The number of aromatic nitrogens is 1. The number of ketones is 2. The van der Waals surface area contributed by atoms with Crippen LogP contribution in [0.15, 0.2) is 30.4 Å². The Labute approximate surface area is 326 Å². The average Bonchev–Trinajstić information content (AvgIpc) is 4.03. The summed E-state index contributed by atoms with van der Waals surface area (Å²) in [5.41, 5.74) is -2.84. The molecule has 1 aromatic heterocycles. The predicted molar refractivity (Wildman–Crippen MR) is 203 cm³/mol. The van der Waals surface area contributed by atoms with Crippen LogP contribution in [0.5, 0.6) is 5.75 Å². The van der Waals surface area contributed by atoms with Crippen LogP contribution in [0.2, 0.25) is 0 Å². The van der Waals surface area contributed by atoms with Gasteiger partial charge in [-0.25, -0.2) is 13.4 Å². The van der Waals surface area contributed by atoms with Crippen molar-refractivity contribution in [3.8, 4) is 5.75 Å². The van der Waals surface area contributed by atoms with Crippen LogP contribution in [0.4, 0.5) is 13.2 Å². The number of amides is 2. The Morgan fingerprint density at radius 2 is 1.80 bits per heavy atom. The molecule has 5 atom stereocenters. The number of rotatable bonds is 6. The third-order valence-electron chi connectivity index (χ3n) is 12.4. The SMILES string of the molecule is Cc1nc2c(C(F)(F)F)cccc2c2c1O[C@]1(CC2)C[C@H]2C(=O)C[C@]3(C(=O)NS(=O)(=O)C4CC4)C[C@H]3/C=C\CCCCC[C@H](CC(=O)CC(C)(C)C)C(=O)N2C1. The zero-order valence-corrected chi connectivity index (χ0v) is 33.4. The summed E-state index contributed by atoms with van der Waals surface area (Å²) in [6.45, 7) is 7.48. The number of para-hydroxylation sites is 1. The molecule has 10 nitrogen and oxygen atoms in total. The zero-order chi connectivity index (χ0) is 40.4. The van der Waals surface area contributed by atoms with E-state index in [4.69, 9.17) is 4.74 Å². The number of Topliss-reactive ketones (excluding diaryl/α,β-unsaturated/α-hetero) is 2. The topological polar surface area (TPSA) is 140 Å². The number of halogens is 3. The van der Waals surface area contributed by atoms with Gasteiger partial charge in [0.2, 0.25) is 21.8 Å². The van der Waals surface area contributed by atoms with Crippen LogP contribution in [-0.4, -0.2) is 65.1 Å². The molecule has 1 saturated heterocycles. The number of hydrogen-bond donors (Lipinski definition) is 1. The first-order chi connectivity index (χ1) is 26.2. The number of pyridine rings is 1. The number of allylic oxidation sites excluding steroid dienone is 2. The Kier molecular flexibility index (Phi) is 10.5. The molecule has 1 spiro atoms. The van der Waals surface area contributed by atoms with Crippen LogP contribution in [0.25, 0.3) is 10.9 Å². The molecule has 2 aromatic rings. The number of sulfonamides is 1. The monoisotopic (exact) mass is 799 g/mol. The van der Waals surface area contributed by atoms with Crippen LogP contribution in [0, 0.1) is 29.6 Å². The molecule has 304 valence electrons. The fourth-order valence-electron chi connectivity index (χ4n) is 9.25. The smallest absolute Gasteiger partial charge is 0.418 e. The van der Waals surface area contributed by atoms with Crippen molar-refractivity contribution in [1.29, 1.82) is 0 Å². The Morgan fingerprint density at radius 3 is 2.50 bits per heavy atom. The van der Waals surface area contributed by atoms with E-state index < -0.39 is 61.7 Å². The second kappa shape index (κ2) is 14.5. The van der Waals surface area contributed by atoms with Crippen molar-refractivity contribution >= 4 is 44.3 Å². The fourth-order valence-corrected chi connectivity index (χ4v) is 10.6. The first-order valence-corrected chi connectivity index (χ1v) is 21.5. The number of fused-ring (bicyclic) bond motifs is 5. The predicted octanol–water partition coefficient (Wildman–Crippen LogP) is 7.33. The van der Waals surface area contributed by atoms with E-state index in [1.54, 1.807) is 13.0 Å². The lowest BCUT2D eigenvalue weighted by molar-refractivity contribution is -0.143. The lowest BCUT2D eigenvalue weighted by Crippen LogP contribution is -2.47. The number of carbonyl (C=O) groups is 4. The van der Waals surface area contributed by atoms with Crippen LogP contribution in [0.3, 0.4) is 0 Å². The molecule has 1 N–H and O–H groups in total. The van der Waals surface area contributed by atoms with Gasteiger partial charge in [0.25, 0.3) is 0 Å². The maximum Gasteiger partial charge on any atom is 0.418 e. The van der Waals surface area contributed by atoms with E-state index in [1.807, 2.05) is 32.9 Å². The molecular weight excluding hydrogens is 748 g/mol. The molecule has 1 aromatic carbocycles. The minimum Gasteiger partial charge on any atom is -0.483 e. The highest BCUT2D eigenvalue weighted by Crippen LogP contribution is 2.58. The quantitative estimate of drug-likeness (QED) is 0.300. The summed E-state index contributed by atoms with van der Waals surface area (Å²) in [5.74, 6) is -2.19. The molecule has 0 unspecified atom stereocenters. The number of alkyl halides is 3. The number of carbonyl (C=O) groups excluding carboxylic acids is 4. The summed E-state index contributed by atoms with van der Waals surface area (Å²) in [4.78, 5) is 62.7. The van der Waals surface area contributed by atoms with E-state index in [2.05, 4.69) is 9.71 Å². The maximum atomic E-state index is 14.8. The summed E-state index contributed by atoms with van der Waals surface area (Å²) >= 11 is 0. The largest absolute Gasteiger partial charge is 0.483 e. The summed E-state index contributed by atoms with van der Waals surface area (Å²) < 4.78 is 76.9. The molecule has 2 saturated carbocycles. The molecule has 0 bridgehead atoms. The van der Waals surface area contributed by atoms with Crippen molar-refractivity contribution in [3.63, 3.8) is 0 Å². The maximum absolute atomic E-state index is 14.8. The molecule has 14 heteroatoms. The van der Waals surface area contributed by atoms with Crippen molar-refractivity contribution in [3.05, 3.63) is 47.2 Å². The van der Waals surface area contributed by atoms with Gasteiger partial charge in [0.1, 0.15) is 17.1 Å². The molecule has 5 aliphatic rings. The van der Waals surface area contributed by atoms with Gasteiger partial charge in [0, 0.05) is 42.6 Å². The third-order valence-corrected chi connectivity index (χ3v) is 14.2. The first-order valence-electron chi connectivity index (χ1n) is 20.0. The van der Waals surface area contributed by atoms with Gasteiger partial charge in [-0.3, -0.25) is 23.9 Å². The molecule has 2 aliphatic carbocycles. The van der Waals surface area contributed by atoms with Crippen molar-refractivity contribution in [2.75, 3.05) is 6.54 Å². The van der Waals surface area contributed by atoms with Crippen molar-refractivity contribution in [1.82, 2.24) is 14.6 Å². The van der Waals surface area contributed by atoms with Gasteiger partial charge in [-0.2, -0.15) is 13.2 Å². The van der Waals surface area contributed by atoms with E-state index in [0.717, 1.165) is 25.3 Å². The van der Waals surface area contributed by atoms with Gasteiger partial charge in [-0.05, 0) is 75.7 Å². The van der Waals surface area contributed by atoms with Crippen molar-refractivity contribution < 1.29 is 45.5 Å². The van der Waals surface area contributed by atoms with Crippen LogP contribution >= 0.6 is 0 Å². The minimum absolute atomic E-state index is 0.00426. The van der Waals surface area contributed by atoms with Crippen LogP contribution in [0.1, 0.15) is 121 Å². The van der Waals surface area contributed by atoms with Crippen molar-refractivity contribution in [2.24, 2.45) is 22.7 Å². The van der Waals surface area contributed by atoms with E-state index in [-0.39, 0.29) is 66.5 Å². The summed E-state index contributed by atoms with van der Waals surface area (Å²) in [6.07, 6.45) is 4.71.